The summed E-state index contributed by atoms with van der Waals surface area (Å²) in [5.41, 5.74) is 6.64. The van der Waals surface area contributed by atoms with Gasteiger partial charge in [0, 0.05) is 64.1 Å². The summed E-state index contributed by atoms with van der Waals surface area (Å²) in [6, 6.07) is 26.9. The molecule has 4 heterocycles. The molecule has 0 amide bonds. The molecule has 1 aliphatic heterocycles. The zero-order chi connectivity index (χ0) is 29.2. The van der Waals surface area contributed by atoms with E-state index in [2.05, 4.69) is 70.0 Å². The quantitative estimate of drug-likeness (QED) is 0.115. The van der Waals surface area contributed by atoms with Gasteiger partial charge in [0.2, 0.25) is 0 Å². The number of nitrogens with zero attached hydrogens (tertiary/aromatic N) is 5. The predicted molar refractivity (Wildman–Crippen MR) is 169 cm³/mol. The van der Waals surface area contributed by atoms with Crippen LogP contribution in [-0.4, -0.2) is 24.6 Å². The van der Waals surface area contributed by atoms with Gasteiger partial charge in [0.15, 0.2) is 5.11 Å². The second-order valence-corrected chi connectivity index (χ2v) is 11.7. The lowest BCUT2D eigenvalue weighted by Crippen LogP contribution is -2.29. The first-order valence-corrected chi connectivity index (χ1v) is 14.7. The van der Waals surface area contributed by atoms with Gasteiger partial charge in [-0.2, -0.15) is 0 Å². The number of anilines is 1. The number of thiocarbonyl (C=S) groups is 1. The molecule has 0 radical (unpaired) electrons. The molecule has 1 aliphatic rings. The molecule has 3 aromatic heterocycles. The third-order valence-electron chi connectivity index (χ3n) is 7.49. The third kappa shape index (κ3) is 5.50. The number of hydrogen-bond acceptors (Lipinski definition) is 6. The molecule has 1 saturated heterocycles. The van der Waals surface area contributed by atoms with Gasteiger partial charge >= 0.3 is 0 Å². The first kappa shape index (κ1) is 27.6. The van der Waals surface area contributed by atoms with Crippen molar-refractivity contribution in [1.29, 1.82) is 0 Å². The summed E-state index contributed by atoms with van der Waals surface area (Å²) in [4.78, 5) is 23.7. The molecule has 8 nitrogen and oxygen atoms in total. The van der Waals surface area contributed by atoms with Gasteiger partial charge in [0.1, 0.15) is 0 Å². The van der Waals surface area contributed by atoms with Gasteiger partial charge < -0.3 is 14.8 Å². The van der Waals surface area contributed by atoms with E-state index in [-0.39, 0.29) is 22.7 Å². The van der Waals surface area contributed by atoms with Crippen molar-refractivity contribution in [1.82, 2.24) is 19.9 Å². The number of nitro benzene ring substituents is 1. The predicted octanol–water partition coefficient (Wildman–Crippen LogP) is 7.18. The van der Waals surface area contributed by atoms with Crippen molar-refractivity contribution in [3.05, 3.63) is 142 Å². The standard InChI is InChI=1S/C32H28N6O2S2/c1-21-18-28(22(2)36(21)20-23-6-5-16-33-19-23)31-30(29-7-3-4-17-34-29)35-32(41)37(31)24-8-12-26(13-9-24)42-27-14-10-25(11-15-27)38(39)40/h3-19,30-31H,20H2,1-2H3,(H,35,41)/t30-,31+/m0/s1. The van der Waals surface area contributed by atoms with Gasteiger partial charge in [0.25, 0.3) is 5.69 Å². The molecule has 2 atom stereocenters. The zero-order valence-corrected chi connectivity index (χ0v) is 24.7. The molecule has 10 heteroatoms. The highest BCUT2D eigenvalue weighted by Gasteiger charge is 2.42. The molecule has 6 rings (SSSR count). The van der Waals surface area contributed by atoms with Crippen molar-refractivity contribution >= 4 is 40.5 Å². The maximum atomic E-state index is 11.0. The number of hydrogen-bond donors (Lipinski definition) is 1. The van der Waals surface area contributed by atoms with E-state index in [4.69, 9.17) is 17.2 Å². The molecule has 2 aromatic carbocycles. The first-order chi connectivity index (χ1) is 20.4. The van der Waals surface area contributed by atoms with Crippen molar-refractivity contribution in [3.63, 3.8) is 0 Å². The summed E-state index contributed by atoms with van der Waals surface area (Å²) < 4.78 is 2.32. The van der Waals surface area contributed by atoms with Crippen LogP contribution in [0.25, 0.3) is 0 Å². The second kappa shape index (κ2) is 11.8. The number of nitrogens with one attached hydrogen (secondary N) is 1. The van der Waals surface area contributed by atoms with Crippen LogP contribution in [0.5, 0.6) is 0 Å². The van der Waals surface area contributed by atoms with E-state index < -0.39 is 0 Å². The molecule has 0 aliphatic carbocycles. The van der Waals surface area contributed by atoms with Crippen LogP contribution in [0.3, 0.4) is 0 Å². The number of aromatic nitrogens is 3. The Morgan fingerprint density at radius 1 is 0.976 bits per heavy atom. The molecule has 42 heavy (non-hydrogen) atoms. The van der Waals surface area contributed by atoms with Crippen LogP contribution in [0.4, 0.5) is 11.4 Å². The topological polar surface area (TPSA) is 89.1 Å². The number of aryl methyl sites for hydroxylation is 1. The summed E-state index contributed by atoms with van der Waals surface area (Å²) in [6.07, 6.45) is 5.51. The number of non-ortho nitro benzene ring substituents is 1. The van der Waals surface area contributed by atoms with Crippen molar-refractivity contribution < 1.29 is 4.92 Å². The highest BCUT2D eigenvalue weighted by molar-refractivity contribution is 7.99. The van der Waals surface area contributed by atoms with Gasteiger partial charge in [0.05, 0.1) is 22.7 Å². The van der Waals surface area contributed by atoms with Crippen molar-refractivity contribution in [2.24, 2.45) is 0 Å². The maximum absolute atomic E-state index is 11.0. The van der Waals surface area contributed by atoms with E-state index in [1.807, 2.05) is 36.7 Å². The molecule has 0 unspecified atom stereocenters. The summed E-state index contributed by atoms with van der Waals surface area (Å²) in [7, 11) is 0. The van der Waals surface area contributed by atoms with E-state index in [9.17, 15) is 10.1 Å². The molecule has 1 fully saturated rings. The van der Waals surface area contributed by atoms with Crippen LogP contribution in [0.2, 0.25) is 0 Å². The number of benzene rings is 2. The Kier molecular flexibility index (Phi) is 7.73. The molecule has 0 spiro atoms. The lowest BCUT2D eigenvalue weighted by Gasteiger charge is -2.28. The minimum atomic E-state index is -0.388. The third-order valence-corrected chi connectivity index (χ3v) is 8.82. The van der Waals surface area contributed by atoms with E-state index in [1.54, 1.807) is 30.1 Å². The Morgan fingerprint density at radius 2 is 1.71 bits per heavy atom. The summed E-state index contributed by atoms with van der Waals surface area (Å²) in [5.74, 6) is 0. The van der Waals surface area contributed by atoms with Crippen LogP contribution in [0.15, 0.2) is 113 Å². The van der Waals surface area contributed by atoms with Gasteiger partial charge in [-0.1, -0.05) is 23.9 Å². The highest BCUT2D eigenvalue weighted by Crippen LogP contribution is 2.44. The van der Waals surface area contributed by atoms with Gasteiger partial charge in [-0.05, 0) is 97.9 Å². The van der Waals surface area contributed by atoms with E-state index in [0.29, 0.717) is 5.11 Å². The minimum absolute atomic E-state index is 0.0815. The van der Waals surface area contributed by atoms with Crippen molar-refractivity contribution in [3.8, 4) is 0 Å². The molecule has 1 N–H and O–H groups in total. The lowest BCUT2D eigenvalue weighted by atomic mass is 9.96. The summed E-state index contributed by atoms with van der Waals surface area (Å²) >= 11 is 7.50. The van der Waals surface area contributed by atoms with Crippen LogP contribution in [-0.2, 0) is 6.54 Å². The Hall–Kier alpha value is -4.54. The maximum Gasteiger partial charge on any atom is 0.269 e. The number of rotatable bonds is 8. The van der Waals surface area contributed by atoms with Crippen molar-refractivity contribution in [2.75, 3.05) is 4.90 Å². The Morgan fingerprint density at radius 3 is 2.36 bits per heavy atom. The smallest absolute Gasteiger partial charge is 0.269 e. The Balaban J connectivity index is 1.34. The van der Waals surface area contributed by atoms with Crippen molar-refractivity contribution in [2.45, 2.75) is 42.3 Å². The molecular formula is C32H28N6O2S2. The minimum Gasteiger partial charge on any atom is -0.351 e. The molecular weight excluding hydrogens is 565 g/mol. The molecule has 5 aromatic rings. The van der Waals surface area contributed by atoms with E-state index in [1.165, 1.54) is 29.1 Å². The average molecular weight is 593 g/mol. The zero-order valence-electron chi connectivity index (χ0n) is 23.0. The second-order valence-electron chi connectivity index (χ2n) is 10.1. The average Bonchev–Trinajstić information content (AvgIpc) is 3.49. The summed E-state index contributed by atoms with van der Waals surface area (Å²) in [6.45, 7) is 5.04. The van der Waals surface area contributed by atoms with Gasteiger partial charge in [-0.15, -0.1) is 0 Å². The monoisotopic (exact) mass is 592 g/mol. The largest absolute Gasteiger partial charge is 0.351 e. The van der Waals surface area contributed by atoms with Crippen LogP contribution >= 0.6 is 24.0 Å². The fourth-order valence-corrected chi connectivity index (χ4v) is 6.60. The van der Waals surface area contributed by atoms with Gasteiger partial charge in [-0.3, -0.25) is 20.1 Å². The summed E-state index contributed by atoms with van der Waals surface area (Å²) in [5, 5.41) is 15.2. The Labute approximate surface area is 253 Å². The van der Waals surface area contributed by atoms with Gasteiger partial charge in [-0.25, -0.2) is 0 Å². The van der Waals surface area contributed by atoms with E-state index in [0.717, 1.165) is 33.3 Å². The molecule has 210 valence electrons. The fourth-order valence-electron chi connectivity index (χ4n) is 5.44. The highest BCUT2D eigenvalue weighted by atomic mass is 32.2. The van der Waals surface area contributed by atoms with Crippen LogP contribution in [0.1, 0.15) is 40.3 Å². The first-order valence-electron chi connectivity index (χ1n) is 13.5. The SMILES string of the molecule is Cc1cc([C@@H]2[C@H](c3ccccn3)NC(=S)N2c2ccc(Sc3ccc([N+](=O)[O-])cc3)cc2)c(C)n1Cc1cccnc1. The number of pyridine rings is 2. The Bertz CT molecular complexity index is 1730. The van der Waals surface area contributed by atoms with E-state index >= 15 is 0 Å². The van der Waals surface area contributed by atoms with Crippen LogP contribution < -0.4 is 10.2 Å². The fraction of sp³-hybridized carbons (Fsp3) is 0.156. The molecule has 0 bridgehead atoms. The normalized spacial score (nSPS) is 16.4. The number of nitro groups is 1. The van der Waals surface area contributed by atoms with Crippen LogP contribution in [0, 0.1) is 24.0 Å². The molecule has 0 saturated carbocycles. The lowest BCUT2D eigenvalue weighted by molar-refractivity contribution is -0.384.